The number of nitrogens with one attached hydrogen (secondary N) is 2. The molecule has 0 unspecified atom stereocenters. The third-order valence-electron chi connectivity index (χ3n) is 3.18. The van der Waals surface area contributed by atoms with E-state index in [4.69, 9.17) is 17.0 Å². The number of rotatable bonds is 6. The molecule has 1 heterocycles. The Morgan fingerprint density at radius 3 is 2.91 bits per heavy atom. The van der Waals surface area contributed by atoms with E-state index in [1.165, 1.54) is 7.11 Å². The zero-order valence-electron chi connectivity index (χ0n) is 13.2. The first-order valence-corrected chi connectivity index (χ1v) is 7.78. The number of anilines is 1. The van der Waals surface area contributed by atoms with Gasteiger partial charge < -0.3 is 15.4 Å². The van der Waals surface area contributed by atoms with Gasteiger partial charge in [0.1, 0.15) is 0 Å². The summed E-state index contributed by atoms with van der Waals surface area (Å²) in [4.78, 5) is 11.8. The van der Waals surface area contributed by atoms with Crippen molar-refractivity contribution in [2.24, 2.45) is 0 Å². The number of hydrogen-bond acceptors (Lipinski definition) is 4. The SMILES string of the molecule is CCCNC(=S)Nc1cnn(Cc2ccccc2C(=O)OC)c1. The first kappa shape index (κ1) is 17.0. The number of thiocarbonyl (C=S) groups is 1. The van der Waals surface area contributed by atoms with Crippen LogP contribution in [0.15, 0.2) is 36.7 Å². The van der Waals surface area contributed by atoms with Gasteiger partial charge in [-0.2, -0.15) is 5.10 Å². The minimum absolute atomic E-state index is 0.351. The van der Waals surface area contributed by atoms with Crippen molar-refractivity contribution in [3.63, 3.8) is 0 Å². The fraction of sp³-hybridized carbons (Fsp3) is 0.312. The summed E-state index contributed by atoms with van der Waals surface area (Å²) in [6.45, 7) is 3.38. The van der Waals surface area contributed by atoms with E-state index in [1.807, 2.05) is 24.4 Å². The predicted octanol–water partition coefficient (Wildman–Crippen LogP) is 2.41. The van der Waals surface area contributed by atoms with E-state index in [9.17, 15) is 4.79 Å². The molecule has 0 aliphatic heterocycles. The Kier molecular flexibility index (Phi) is 6.10. The maximum Gasteiger partial charge on any atom is 0.338 e. The van der Waals surface area contributed by atoms with Crippen molar-refractivity contribution in [3.05, 3.63) is 47.8 Å². The lowest BCUT2D eigenvalue weighted by Crippen LogP contribution is -2.28. The highest BCUT2D eigenvalue weighted by Gasteiger charge is 2.11. The molecule has 7 heteroatoms. The van der Waals surface area contributed by atoms with Crippen molar-refractivity contribution in [1.82, 2.24) is 15.1 Å². The normalized spacial score (nSPS) is 10.2. The van der Waals surface area contributed by atoms with Crippen LogP contribution in [0.5, 0.6) is 0 Å². The lowest BCUT2D eigenvalue weighted by molar-refractivity contribution is 0.0599. The number of esters is 1. The van der Waals surface area contributed by atoms with E-state index in [-0.39, 0.29) is 5.97 Å². The fourth-order valence-corrected chi connectivity index (χ4v) is 2.29. The van der Waals surface area contributed by atoms with Gasteiger partial charge in [0.25, 0.3) is 0 Å². The maximum atomic E-state index is 11.8. The number of ether oxygens (including phenoxy) is 1. The van der Waals surface area contributed by atoms with Gasteiger partial charge in [-0.1, -0.05) is 25.1 Å². The van der Waals surface area contributed by atoms with E-state index < -0.39 is 0 Å². The molecule has 23 heavy (non-hydrogen) atoms. The molecule has 1 aromatic carbocycles. The third kappa shape index (κ3) is 4.79. The molecule has 0 spiro atoms. The van der Waals surface area contributed by atoms with Crippen LogP contribution in [-0.2, 0) is 11.3 Å². The molecule has 0 saturated heterocycles. The molecule has 0 aliphatic carbocycles. The van der Waals surface area contributed by atoms with Crippen molar-refractivity contribution in [1.29, 1.82) is 0 Å². The number of nitrogens with zero attached hydrogens (tertiary/aromatic N) is 2. The molecule has 0 atom stereocenters. The highest BCUT2D eigenvalue weighted by atomic mass is 32.1. The first-order chi connectivity index (χ1) is 11.1. The lowest BCUT2D eigenvalue weighted by atomic mass is 10.1. The predicted molar refractivity (Wildman–Crippen MR) is 93.6 cm³/mol. The molecular weight excluding hydrogens is 312 g/mol. The van der Waals surface area contributed by atoms with Gasteiger partial charge in [-0.05, 0) is 30.3 Å². The van der Waals surface area contributed by atoms with Crippen LogP contribution in [0.2, 0.25) is 0 Å². The van der Waals surface area contributed by atoms with Gasteiger partial charge in [0.2, 0.25) is 0 Å². The second kappa shape index (κ2) is 8.28. The number of carbonyl (C=O) groups excluding carboxylic acids is 1. The first-order valence-electron chi connectivity index (χ1n) is 7.37. The fourth-order valence-electron chi connectivity index (χ4n) is 2.07. The Morgan fingerprint density at radius 1 is 1.39 bits per heavy atom. The van der Waals surface area contributed by atoms with Crippen LogP contribution in [-0.4, -0.2) is 34.5 Å². The molecule has 6 nitrogen and oxygen atoms in total. The van der Waals surface area contributed by atoms with Gasteiger partial charge in [-0.15, -0.1) is 0 Å². The largest absolute Gasteiger partial charge is 0.465 e. The Hall–Kier alpha value is -2.41. The zero-order valence-corrected chi connectivity index (χ0v) is 14.0. The quantitative estimate of drug-likeness (QED) is 0.625. The lowest BCUT2D eigenvalue weighted by Gasteiger charge is -2.08. The summed E-state index contributed by atoms with van der Waals surface area (Å²) in [6.07, 6.45) is 4.54. The summed E-state index contributed by atoms with van der Waals surface area (Å²) in [6, 6.07) is 7.32. The molecule has 1 aromatic heterocycles. The highest BCUT2D eigenvalue weighted by molar-refractivity contribution is 7.80. The minimum Gasteiger partial charge on any atom is -0.465 e. The molecule has 0 amide bonds. The smallest absolute Gasteiger partial charge is 0.338 e. The highest BCUT2D eigenvalue weighted by Crippen LogP contribution is 2.13. The molecule has 2 N–H and O–H groups in total. The summed E-state index contributed by atoms with van der Waals surface area (Å²) in [7, 11) is 1.37. The van der Waals surface area contributed by atoms with Gasteiger partial charge in [0, 0.05) is 12.7 Å². The van der Waals surface area contributed by atoms with Crippen LogP contribution in [0.1, 0.15) is 29.3 Å². The summed E-state index contributed by atoms with van der Waals surface area (Å²) in [5.74, 6) is -0.351. The van der Waals surface area contributed by atoms with Crippen LogP contribution in [0, 0.1) is 0 Å². The van der Waals surface area contributed by atoms with E-state index in [1.54, 1.807) is 16.9 Å². The molecule has 0 saturated carbocycles. The second-order valence-electron chi connectivity index (χ2n) is 4.96. The molecule has 0 bridgehead atoms. The van der Waals surface area contributed by atoms with E-state index >= 15 is 0 Å². The van der Waals surface area contributed by atoms with Crippen LogP contribution < -0.4 is 10.6 Å². The number of aromatic nitrogens is 2. The van der Waals surface area contributed by atoms with Crippen molar-refractivity contribution in [2.45, 2.75) is 19.9 Å². The van der Waals surface area contributed by atoms with Crippen LogP contribution in [0.4, 0.5) is 5.69 Å². The Labute approximate surface area is 140 Å². The van der Waals surface area contributed by atoms with Crippen molar-refractivity contribution < 1.29 is 9.53 Å². The average molecular weight is 332 g/mol. The number of hydrogen-bond donors (Lipinski definition) is 2. The van der Waals surface area contributed by atoms with Crippen molar-refractivity contribution in [3.8, 4) is 0 Å². The number of benzene rings is 1. The molecule has 2 aromatic rings. The topological polar surface area (TPSA) is 68.2 Å². The van der Waals surface area contributed by atoms with Crippen LogP contribution >= 0.6 is 12.2 Å². The monoisotopic (exact) mass is 332 g/mol. The summed E-state index contributed by atoms with van der Waals surface area (Å²) < 4.78 is 6.55. The molecule has 122 valence electrons. The van der Waals surface area contributed by atoms with E-state index in [0.29, 0.717) is 17.2 Å². The van der Waals surface area contributed by atoms with Gasteiger partial charge in [-0.25, -0.2) is 4.79 Å². The maximum absolute atomic E-state index is 11.8. The standard InChI is InChI=1S/C16H20N4O2S/c1-3-8-17-16(23)19-13-9-18-20(11-13)10-12-6-4-5-7-14(12)15(21)22-2/h4-7,9,11H,3,8,10H2,1-2H3,(H2,17,19,23). The van der Waals surface area contributed by atoms with Crippen LogP contribution in [0.25, 0.3) is 0 Å². The summed E-state index contributed by atoms with van der Waals surface area (Å²) in [5.41, 5.74) is 2.19. The van der Waals surface area contributed by atoms with E-state index in [2.05, 4.69) is 22.7 Å². The number of methoxy groups -OCH3 is 1. The van der Waals surface area contributed by atoms with Crippen LogP contribution in [0.3, 0.4) is 0 Å². The van der Waals surface area contributed by atoms with Gasteiger partial charge in [0.05, 0.1) is 31.1 Å². The Morgan fingerprint density at radius 2 is 2.17 bits per heavy atom. The van der Waals surface area contributed by atoms with Crippen molar-refractivity contribution >= 4 is 29.0 Å². The molecular formula is C16H20N4O2S. The van der Waals surface area contributed by atoms with Gasteiger partial charge >= 0.3 is 5.97 Å². The Bertz CT molecular complexity index is 684. The summed E-state index contributed by atoms with van der Waals surface area (Å²) >= 11 is 5.19. The number of carbonyl (C=O) groups is 1. The molecule has 0 aliphatic rings. The average Bonchev–Trinajstić information content (AvgIpc) is 2.99. The molecule has 0 fully saturated rings. The minimum atomic E-state index is -0.351. The Balaban J connectivity index is 2.05. The summed E-state index contributed by atoms with van der Waals surface area (Å²) in [5, 5.41) is 11.0. The van der Waals surface area contributed by atoms with E-state index in [0.717, 1.165) is 24.2 Å². The third-order valence-corrected chi connectivity index (χ3v) is 3.43. The zero-order chi connectivity index (χ0) is 16.7. The van der Waals surface area contributed by atoms with Crippen molar-refractivity contribution in [2.75, 3.05) is 19.0 Å². The molecule has 2 rings (SSSR count). The molecule has 0 radical (unpaired) electrons. The second-order valence-corrected chi connectivity index (χ2v) is 5.36. The van der Waals surface area contributed by atoms with Gasteiger partial charge in [0.15, 0.2) is 5.11 Å². The van der Waals surface area contributed by atoms with Gasteiger partial charge in [-0.3, -0.25) is 4.68 Å².